The summed E-state index contributed by atoms with van der Waals surface area (Å²) in [6.45, 7) is 2.29. The van der Waals surface area contributed by atoms with Gasteiger partial charge >= 0.3 is 0 Å². The normalized spacial score (nSPS) is 25.3. The third-order valence-electron chi connectivity index (χ3n) is 8.98. The molecular formula is C34H51N. The number of rotatable bonds is 14. The van der Waals surface area contributed by atoms with Crippen molar-refractivity contribution < 1.29 is 0 Å². The molecule has 0 radical (unpaired) electrons. The molecule has 1 aromatic rings. The van der Waals surface area contributed by atoms with Gasteiger partial charge in [0, 0.05) is 6.08 Å². The van der Waals surface area contributed by atoms with Gasteiger partial charge in [-0.2, -0.15) is 5.26 Å². The average molecular weight is 474 g/mol. The number of aryl methyl sites for hydroxylation is 1. The van der Waals surface area contributed by atoms with Crippen molar-refractivity contribution in [2.45, 2.75) is 128 Å². The van der Waals surface area contributed by atoms with E-state index in [0.717, 1.165) is 30.1 Å². The molecule has 0 amide bonds. The summed E-state index contributed by atoms with van der Waals surface area (Å²) in [5.74, 6) is 3.72. The minimum atomic E-state index is 0.810. The van der Waals surface area contributed by atoms with Crippen LogP contribution < -0.4 is 0 Å². The van der Waals surface area contributed by atoms with E-state index in [1.807, 2.05) is 18.2 Å². The fourth-order valence-corrected chi connectivity index (χ4v) is 6.56. The second kappa shape index (κ2) is 16.8. The molecule has 0 saturated heterocycles. The van der Waals surface area contributed by atoms with E-state index >= 15 is 0 Å². The first-order valence-electron chi connectivity index (χ1n) is 15.1. The molecule has 2 saturated carbocycles. The zero-order valence-electron chi connectivity index (χ0n) is 22.6. The zero-order chi connectivity index (χ0) is 24.6. The minimum absolute atomic E-state index is 0.810. The van der Waals surface area contributed by atoms with Crippen LogP contribution in [-0.4, -0.2) is 0 Å². The molecule has 0 unspecified atom stereocenters. The van der Waals surface area contributed by atoms with Gasteiger partial charge in [-0.25, -0.2) is 0 Å². The van der Waals surface area contributed by atoms with Crippen molar-refractivity contribution in [2.24, 2.45) is 17.8 Å². The van der Waals surface area contributed by atoms with Gasteiger partial charge < -0.3 is 0 Å². The second-order valence-electron chi connectivity index (χ2n) is 11.6. The molecule has 2 aliphatic rings. The standard InChI is InChI=1S/C34H51N/c1-2-3-4-6-9-13-30-20-24-33(25-21-30)34-26-22-32(23-27-34)19-18-31-16-14-29(15-17-31)12-10-7-5-8-11-28-35/h5,7-8,11,20-21,24-25,29,31-32,34H,2-4,6,9-10,12-19,22-23,26-27H2,1H3/b7-5+,11-8+. The van der Waals surface area contributed by atoms with Crippen LogP contribution in [0.3, 0.4) is 0 Å². The quantitative estimate of drug-likeness (QED) is 0.150. The van der Waals surface area contributed by atoms with E-state index in [1.165, 1.54) is 115 Å². The molecule has 1 nitrogen and oxygen atoms in total. The molecule has 0 spiro atoms. The largest absolute Gasteiger partial charge is 0.193 e. The van der Waals surface area contributed by atoms with E-state index in [1.54, 1.807) is 11.6 Å². The lowest BCUT2D eigenvalue weighted by atomic mass is 9.74. The van der Waals surface area contributed by atoms with Crippen LogP contribution in [0, 0.1) is 29.1 Å². The maximum Gasteiger partial charge on any atom is 0.0912 e. The average Bonchev–Trinajstić information content (AvgIpc) is 2.91. The summed E-state index contributed by atoms with van der Waals surface area (Å²) >= 11 is 0. The Labute approximate surface area is 217 Å². The maximum absolute atomic E-state index is 8.51. The topological polar surface area (TPSA) is 23.8 Å². The Hall–Kier alpha value is -1.81. The molecule has 1 heteroatoms. The molecule has 0 aliphatic heterocycles. The van der Waals surface area contributed by atoms with Gasteiger partial charge in [0.05, 0.1) is 6.07 Å². The number of allylic oxidation sites excluding steroid dienone is 4. The van der Waals surface area contributed by atoms with Crippen molar-refractivity contribution in [2.75, 3.05) is 0 Å². The Morgan fingerprint density at radius 1 is 0.743 bits per heavy atom. The van der Waals surface area contributed by atoms with Crippen molar-refractivity contribution in [3.8, 4) is 6.07 Å². The van der Waals surface area contributed by atoms with Gasteiger partial charge in [-0.1, -0.05) is 114 Å². The predicted octanol–water partition coefficient (Wildman–Crippen LogP) is 10.5. The molecule has 0 N–H and O–H groups in total. The first-order chi connectivity index (χ1) is 17.3. The molecule has 35 heavy (non-hydrogen) atoms. The van der Waals surface area contributed by atoms with Crippen LogP contribution in [0.4, 0.5) is 0 Å². The van der Waals surface area contributed by atoms with Crippen LogP contribution in [-0.2, 0) is 6.42 Å². The third-order valence-corrected chi connectivity index (χ3v) is 8.98. The molecule has 0 heterocycles. The first-order valence-corrected chi connectivity index (χ1v) is 15.1. The van der Waals surface area contributed by atoms with Crippen LogP contribution in [0.2, 0.25) is 0 Å². The summed E-state index contributed by atoms with van der Waals surface area (Å²) in [7, 11) is 0. The van der Waals surface area contributed by atoms with Gasteiger partial charge in [0.1, 0.15) is 0 Å². The Balaban J connectivity index is 1.26. The second-order valence-corrected chi connectivity index (χ2v) is 11.6. The molecule has 0 atom stereocenters. The Bertz CT molecular complexity index is 764. The predicted molar refractivity (Wildman–Crippen MR) is 151 cm³/mol. The maximum atomic E-state index is 8.51. The molecule has 0 aromatic heterocycles. The van der Waals surface area contributed by atoms with Gasteiger partial charge in [0.2, 0.25) is 0 Å². The van der Waals surface area contributed by atoms with Gasteiger partial charge in [0.25, 0.3) is 0 Å². The highest BCUT2D eigenvalue weighted by Crippen LogP contribution is 2.40. The fraction of sp³-hybridized carbons (Fsp3) is 0.676. The van der Waals surface area contributed by atoms with E-state index in [2.05, 4.69) is 37.3 Å². The highest BCUT2D eigenvalue weighted by atomic mass is 14.3. The molecule has 2 aliphatic carbocycles. The van der Waals surface area contributed by atoms with E-state index < -0.39 is 0 Å². The molecule has 1 aromatic carbocycles. The van der Waals surface area contributed by atoms with E-state index in [0.29, 0.717) is 0 Å². The van der Waals surface area contributed by atoms with Crippen molar-refractivity contribution in [3.05, 3.63) is 59.7 Å². The molecule has 3 rings (SSSR count). The van der Waals surface area contributed by atoms with E-state index in [-0.39, 0.29) is 0 Å². The summed E-state index contributed by atoms with van der Waals surface area (Å²) in [5, 5.41) is 8.51. The molecular weight excluding hydrogens is 422 g/mol. The summed E-state index contributed by atoms with van der Waals surface area (Å²) in [4.78, 5) is 0. The lowest BCUT2D eigenvalue weighted by Crippen LogP contribution is -2.17. The zero-order valence-corrected chi connectivity index (χ0v) is 22.6. The number of benzene rings is 1. The SMILES string of the molecule is CCCCCCCc1ccc(C2CCC(CCC3CCC(CC/C=C/C=C/C#N)CC3)CC2)cc1. The third kappa shape index (κ3) is 10.8. The molecule has 0 bridgehead atoms. The number of nitrogens with zero attached hydrogens (tertiary/aromatic N) is 1. The molecule has 2 fully saturated rings. The Morgan fingerprint density at radius 2 is 1.34 bits per heavy atom. The van der Waals surface area contributed by atoms with Crippen molar-refractivity contribution in [1.29, 1.82) is 5.26 Å². The lowest BCUT2D eigenvalue weighted by molar-refractivity contribution is 0.225. The number of unbranched alkanes of at least 4 members (excludes halogenated alkanes) is 4. The monoisotopic (exact) mass is 473 g/mol. The first kappa shape index (κ1) is 27.8. The summed E-state index contributed by atoms with van der Waals surface area (Å²) in [6.07, 6.45) is 32.7. The van der Waals surface area contributed by atoms with Crippen LogP contribution in [0.15, 0.2) is 48.6 Å². The molecule has 192 valence electrons. The van der Waals surface area contributed by atoms with Crippen LogP contribution in [0.25, 0.3) is 0 Å². The van der Waals surface area contributed by atoms with Crippen molar-refractivity contribution in [3.63, 3.8) is 0 Å². The van der Waals surface area contributed by atoms with Gasteiger partial charge in [-0.05, 0) is 86.2 Å². The van der Waals surface area contributed by atoms with Crippen LogP contribution in [0.1, 0.15) is 133 Å². The number of nitriles is 1. The van der Waals surface area contributed by atoms with Crippen LogP contribution >= 0.6 is 0 Å². The fourth-order valence-electron chi connectivity index (χ4n) is 6.56. The lowest BCUT2D eigenvalue weighted by Gasteiger charge is -2.32. The highest BCUT2D eigenvalue weighted by Gasteiger charge is 2.25. The Kier molecular flexibility index (Phi) is 13.3. The van der Waals surface area contributed by atoms with Crippen molar-refractivity contribution >= 4 is 0 Å². The summed E-state index contributed by atoms with van der Waals surface area (Å²) < 4.78 is 0. The number of hydrogen-bond acceptors (Lipinski definition) is 1. The van der Waals surface area contributed by atoms with E-state index in [9.17, 15) is 0 Å². The Morgan fingerprint density at radius 3 is 1.97 bits per heavy atom. The van der Waals surface area contributed by atoms with Gasteiger partial charge in [-0.3, -0.25) is 0 Å². The van der Waals surface area contributed by atoms with Gasteiger partial charge in [0.15, 0.2) is 0 Å². The summed E-state index contributed by atoms with van der Waals surface area (Å²) in [5.41, 5.74) is 3.14. The van der Waals surface area contributed by atoms with E-state index in [4.69, 9.17) is 5.26 Å². The van der Waals surface area contributed by atoms with Gasteiger partial charge in [-0.15, -0.1) is 0 Å². The minimum Gasteiger partial charge on any atom is -0.193 e. The van der Waals surface area contributed by atoms with Crippen molar-refractivity contribution in [1.82, 2.24) is 0 Å². The smallest absolute Gasteiger partial charge is 0.0912 e. The number of hydrogen-bond donors (Lipinski definition) is 0. The summed E-state index contributed by atoms with van der Waals surface area (Å²) in [6, 6.07) is 11.8. The highest BCUT2D eigenvalue weighted by molar-refractivity contribution is 5.26. The van der Waals surface area contributed by atoms with Crippen LogP contribution in [0.5, 0.6) is 0 Å².